The minimum absolute atomic E-state index is 0.0916. The Bertz CT molecular complexity index is 1040. The van der Waals surface area contributed by atoms with Crippen LogP contribution in [0.2, 0.25) is 0 Å². The highest BCUT2D eigenvalue weighted by Crippen LogP contribution is 2.23. The van der Waals surface area contributed by atoms with Crippen molar-refractivity contribution in [1.29, 1.82) is 0 Å². The Morgan fingerprint density at radius 2 is 1.76 bits per heavy atom. The molecule has 0 atom stereocenters. The van der Waals surface area contributed by atoms with Crippen molar-refractivity contribution in [3.8, 4) is 5.75 Å². The van der Waals surface area contributed by atoms with Crippen molar-refractivity contribution in [2.75, 3.05) is 12.4 Å². The number of hydrogen-bond acceptors (Lipinski definition) is 4. The highest BCUT2D eigenvalue weighted by atomic mass is 32.2. The number of pyridine rings is 1. The van der Waals surface area contributed by atoms with Gasteiger partial charge >= 0.3 is 0 Å². The van der Waals surface area contributed by atoms with Crippen molar-refractivity contribution in [3.05, 3.63) is 87.8 Å². The monoisotopic (exact) mass is 408 g/mol. The van der Waals surface area contributed by atoms with Crippen LogP contribution < -0.4 is 15.5 Å². The molecule has 3 rings (SSSR count). The summed E-state index contributed by atoms with van der Waals surface area (Å²) in [6, 6.07) is 17.4. The fraction of sp³-hybridized carbons (Fsp3) is 0.217. The standard InChI is InChI=1S/C23H24N2O3S/c1-16-9-17(2)11-18(10-16)24-23(27)14-25-13-22(28-3)21(26)12-19(25)15-29-20-7-5-4-6-8-20/h4-13H,14-15H2,1-3H3,(H,24,27). The van der Waals surface area contributed by atoms with Crippen LogP contribution in [0.5, 0.6) is 5.75 Å². The first-order valence-electron chi connectivity index (χ1n) is 9.28. The second kappa shape index (κ2) is 9.47. The average molecular weight is 409 g/mol. The summed E-state index contributed by atoms with van der Waals surface area (Å²) in [6.45, 7) is 4.08. The van der Waals surface area contributed by atoms with Gasteiger partial charge in [-0.25, -0.2) is 0 Å². The number of aryl methyl sites for hydroxylation is 2. The third kappa shape index (κ3) is 5.74. The Morgan fingerprint density at radius 1 is 1.07 bits per heavy atom. The van der Waals surface area contributed by atoms with Gasteiger partial charge in [-0.3, -0.25) is 9.59 Å². The van der Waals surface area contributed by atoms with Crippen molar-refractivity contribution in [1.82, 2.24) is 4.57 Å². The summed E-state index contributed by atoms with van der Waals surface area (Å²) in [6.07, 6.45) is 1.60. The van der Waals surface area contributed by atoms with Crippen molar-refractivity contribution < 1.29 is 9.53 Å². The van der Waals surface area contributed by atoms with E-state index < -0.39 is 0 Å². The maximum absolute atomic E-state index is 12.7. The van der Waals surface area contributed by atoms with E-state index in [1.165, 1.54) is 7.11 Å². The summed E-state index contributed by atoms with van der Waals surface area (Å²) in [5.41, 5.74) is 3.51. The molecule has 0 saturated carbocycles. The number of thioether (sulfide) groups is 1. The van der Waals surface area contributed by atoms with Gasteiger partial charge in [0.1, 0.15) is 6.54 Å². The predicted molar refractivity (Wildman–Crippen MR) is 118 cm³/mol. The van der Waals surface area contributed by atoms with E-state index in [0.29, 0.717) is 5.75 Å². The molecule has 0 aliphatic rings. The van der Waals surface area contributed by atoms with Crippen LogP contribution in [0.15, 0.2) is 70.5 Å². The Hall–Kier alpha value is -2.99. The Kier molecular flexibility index (Phi) is 6.77. The molecule has 150 valence electrons. The molecule has 6 heteroatoms. The van der Waals surface area contributed by atoms with Crippen LogP contribution in [0.4, 0.5) is 5.69 Å². The number of carbonyl (C=O) groups is 1. The molecular formula is C23H24N2O3S. The summed E-state index contributed by atoms with van der Waals surface area (Å²) in [5.74, 6) is 0.629. The lowest BCUT2D eigenvalue weighted by Crippen LogP contribution is -2.22. The van der Waals surface area contributed by atoms with E-state index in [0.717, 1.165) is 27.4 Å². The number of benzene rings is 2. The third-order valence-corrected chi connectivity index (χ3v) is 5.40. The number of ether oxygens (including phenoxy) is 1. The summed E-state index contributed by atoms with van der Waals surface area (Å²) in [5, 5.41) is 2.94. The van der Waals surface area contributed by atoms with Gasteiger partial charge in [0, 0.05) is 28.1 Å². The fourth-order valence-corrected chi connectivity index (χ4v) is 4.01. The molecule has 1 N–H and O–H groups in total. The van der Waals surface area contributed by atoms with Gasteiger partial charge in [0.15, 0.2) is 5.75 Å². The van der Waals surface area contributed by atoms with Crippen LogP contribution in [0.25, 0.3) is 0 Å². The molecule has 0 fully saturated rings. The molecule has 0 unspecified atom stereocenters. The van der Waals surface area contributed by atoms with Crippen molar-refractivity contribution in [2.24, 2.45) is 0 Å². The number of nitrogens with one attached hydrogen (secondary N) is 1. The highest BCUT2D eigenvalue weighted by molar-refractivity contribution is 7.98. The Morgan fingerprint density at radius 3 is 2.41 bits per heavy atom. The number of rotatable bonds is 7. The van der Waals surface area contributed by atoms with Crippen molar-refractivity contribution in [2.45, 2.75) is 31.0 Å². The lowest BCUT2D eigenvalue weighted by atomic mass is 10.1. The van der Waals surface area contributed by atoms with Gasteiger partial charge in [-0.05, 0) is 49.2 Å². The molecule has 0 bridgehead atoms. The van der Waals surface area contributed by atoms with E-state index in [4.69, 9.17) is 4.74 Å². The lowest BCUT2D eigenvalue weighted by molar-refractivity contribution is -0.116. The van der Waals surface area contributed by atoms with Gasteiger partial charge in [0.2, 0.25) is 11.3 Å². The van der Waals surface area contributed by atoms with Gasteiger partial charge < -0.3 is 14.6 Å². The minimum atomic E-state index is -0.192. The number of amides is 1. The van der Waals surface area contributed by atoms with Crippen LogP contribution >= 0.6 is 11.8 Å². The van der Waals surface area contributed by atoms with Gasteiger partial charge in [-0.1, -0.05) is 24.3 Å². The maximum Gasteiger partial charge on any atom is 0.244 e. The zero-order chi connectivity index (χ0) is 20.8. The molecule has 0 saturated heterocycles. The molecule has 1 heterocycles. The SMILES string of the molecule is COc1cn(CC(=O)Nc2cc(C)cc(C)c2)c(CSc2ccccc2)cc1=O. The topological polar surface area (TPSA) is 60.3 Å². The highest BCUT2D eigenvalue weighted by Gasteiger charge is 2.12. The first-order valence-corrected chi connectivity index (χ1v) is 10.3. The number of aromatic nitrogens is 1. The molecule has 3 aromatic rings. The summed E-state index contributed by atoms with van der Waals surface area (Å²) >= 11 is 1.61. The molecule has 5 nitrogen and oxygen atoms in total. The second-order valence-electron chi connectivity index (χ2n) is 6.85. The fourth-order valence-electron chi connectivity index (χ4n) is 3.09. The van der Waals surface area contributed by atoms with Crippen LogP contribution in [0, 0.1) is 13.8 Å². The van der Waals surface area contributed by atoms with E-state index in [2.05, 4.69) is 11.4 Å². The molecule has 0 aliphatic carbocycles. The predicted octanol–water partition coefficient (Wildman–Crippen LogP) is 4.40. The quantitative estimate of drug-likeness (QED) is 0.589. The zero-order valence-corrected chi connectivity index (χ0v) is 17.6. The second-order valence-corrected chi connectivity index (χ2v) is 7.90. The molecule has 2 aromatic carbocycles. The van der Waals surface area contributed by atoms with E-state index in [9.17, 15) is 9.59 Å². The smallest absolute Gasteiger partial charge is 0.244 e. The zero-order valence-electron chi connectivity index (χ0n) is 16.8. The minimum Gasteiger partial charge on any atom is -0.491 e. The Labute approximate surface area is 174 Å². The van der Waals surface area contributed by atoms with E-state index >= 15 is 0 Å². The number of methoxy groups -OCH3 is 1. The summed E-state index contributed by atoms with van der Waals surface area (Å²) in [4.78, 5) is 26.0. The summed E-state index contributed by atoms with van der Waals surface area (Å²) < 4.78 is 6.93. The molecule has 0 spiro atoms. The van der Waals surface area contributed by atoms with Crippen molar-refractivity contribution >= 4 is 23.4 Å². The maximum atomic E-state index is 12.7. The molecular weight excluding hydrogens is 384 g/mol. The van der Waals surface area contributed by atoms with Crippen LogP contribution in [0.3, 0.4) is 0 Å². The number of anilines is 1. The molecule has 29 heavy (non-hydrogen) atoms. The first kappa shape index (κ1) is 20.7. The summed E-state index contributed by atoms with van der Waals surface area (Å²) in [7, 11) is 1.45. The van der Waals surface area contributed by atoms with Crippen LogP contribution in [0.1, 0.15) is 16.8 Å². The molecule has 1 amide bonds. The third-order valence-electron chi connectivity index (χ3n) is 4.35. The van der Waals surface area contributed by atoms with E-state index in [1.54, 1.807) is 28.6 Å². The number of nitrogens with zero attached hydrogens (tertiary/aromatic N) is 1. The van der Waals surface area contributed by atoms with Gasteiger partial charge in [-0.15, -0.1) is 11.8 Å². The van der Waals surface area contributed by atoms with E-state index in [-0.39, 0.29) is 23.6 Å². The van der Waals surface area contributed by atoms with E-state index in [1.807, 2.05) is 56.3 Å². The first-order chi connectivity index (χ1) is 13.9. The van der Waals surface area contributed by atoms with Crippen LogP contribution in [-0.4, -0.2) is 17.6 Å². The molecule has 0 radical (unpaired) electrons. The number of carbonyl (C=O) groups excluding carboxylic acids is 1. The number of hydrogen-bond donors (Lipinski definition) is 1. The van der Waals surface area contributed by atoms with Crippen LogP contribution in [-0.2, 0) is 17.1 Å². The van der Waals surface area contributed by atoms with Gasteiger partial charge in [0.25, 0.3) is 0 Å². The Balaban J connectivity index is 1.80. The largest absolute Gasteiger partial charge is 0.491 e. The average Bonchev–Trinajstić information content (AvgIpc) is 2.67. The lowest BCUT2D eigenvalue weighted by Gasteiger charge is -2.15. The normalized spacial score (nSPS) is 10.6. The molecule has 0 aliphatic heterocycles. The van der Waals surface area contributed by atoms with Crippen molar-refractivity contribution in [3.63, 3.8) is 0 Å². The molecule has 1 aromatic heterocycles. The van der Waals surface area contributed by atoms with Gasteiger partial charge in [-0.2, -0.15) is 0 Å². The van der Waals surface area contributed by atoms with Gasteiger partial charge in [0.05, 0.1) is 13.3 Å².